The highest BCUT2D eigenvalue weighted by molar-refractivity contribution is 5.74. The van der Waals surface area contributed by atoms with Crippen molar-refractivity contribution in [2.24, 2.45) is 0 Å². The normalized spacial score (nSPS) is 14.3. The average molecular weight is 362 g/mol. The molecule has 1 unspecified atom stereocenters. The van der Waals surface area contributed by atoms with Crippen LogP contribution in [0.1, 0.15) is 30.5 Å². The Balaban J connectivity index is 1.55. The fourth-order valence-corrected chi connectivity index (χ4v) is 2.61. The summed E-state index contributed by atoms with van der Waals surface area (Å²) in [5, 5.41) is 5.42. The van der Waals surface area contributed by atoms with Gasteiger partial charge >= 0.3 is 6.03 Å². The van der Waals surface area contributed by atoms with Gasteiger partial charge in [-0.25, -0.2) is 13.6 Å². The predicted molar refractivity (Wildman–Crippen MR) is 92.2 cm³/mol. The minimum Gasteiger partial charge on any atom is -0.490 e. The summed E-state index contributed by atoms with van der Waals surface area (Å²) in [6, 6.07) is 8.19. The van der Waals surface area contributed by atoms with Crippen LogP contribution in [0.5, 0.6) is 11.5 Å². The first kappa shape index (κ1) is 18.0. The van der Waals surface area contributed by atoms with Crippen molar-refractivity contribution >= 4 is 6.03 Å². The molecule has 0 bridgehead atoms. The van der Waals surface area contributed by atoms with E-state index >= 15 is 0 Å². The van der Waals surface area contributed by atoms with Crippen LogP contribution in [0, 0.1) is 11.6 Å². The first-order valence-corrected chi connectivity index (χ1v) is 8.41. The molecule has 1 atom stereocenters. The number of carbonyl (C=O) groups is 1. The van der Waals surface area contributed by atoms with Crippen molar-refractivity contribution in [3.8, 4) is 11.5 Å². The number of hydrogen-bond acceptors (Lipinski definition) is 3. The number of carbonyl (C=O) groups excluding carboxylic acids is 1. The van der Waals surface area contributed by atoms with Gasteiger partial charge in [0, 0.05) is 13.0 Å². The average Bonchev–Trinajstić information content (AvgIpc) is 2.87. The first-order valence-electron chi connectivity index (χ1n) is 8.41. The van der Waals surface area contributed by atoms with E-state index in [4.69, 9.17) is 9.47 Å². The molecular weight excluding hydrogens is 342 g/mol. The molecule has 2 aromatic carbocycles. The number of nitrogens with one attached hydrogen (secondary N) is 2. The van der Waals surface area contributed by atoms with E-state index in [0.29, 0.717) is 36.8 Å². The van der Waals surface area contributed by atoms with Gasteiger partial charge in [-0.2, -0.15) is 0 Å². The Labute approximate surface area is 150 Å². The van der Waals surface area contributed by atoms with Crippen molar-refractivity contribution in [1.82, 2.24) is 10.6 Å². The van der Waals surface area contributed by atoms with Crippen LogP contribution in [0.4, 0.5) is 13.6 Å². The number of hydrogen-bond donors (Lipinski definition) is 2. The summed E-state index contributed by atoms with van der Waals surface area (Å²) in [5.41, 5.74) is 1.35. The molecule has 2 amide bonds. The summed E-state index contributed by atoms with van der Waals surface area (Å²) in [6.07, 6.45) is 0.826. The number of rotatable bonds is 4. The summed E-state index contributed by atoms with van der Waals surface area (Å²) in [4.78, 5) is 12.0. The molecule has 138 valence electrons. The highest BCUT2D eigenvalue weighted by Crippen LogP contribution is 2.30. The standard InChI is InChI=1S/C19H20F2N2O3/c1-12(14-4-5-15(20)16(21)10-14)23-19(24)22-11-13-3-6-17-18(9-13)26-8-2-7-25-17/h3-6,9-10,12H,2,7-8,11H2,1H3,(H2,22,23,24). The van der Waals surface area contributed by atoms with Gasteiger partial charge < -0.3 is 20.1 Å². The summed E-state index contributed by atoms with van der Waals surface area (Å²) in [6.45, 7) is 3.21. The highest BCUT2D eigenvalue weighted by atomic mass is 19.2. The third-order valence-electron chi connectivity index (χ3n) is 4.06. The molecule has 0 saturated carbocycles. The van der Waals surface area contributed by atoms with Crippen molar-refractivity contribution in [2.45, 2.75) is 25.9 Å². The molecule has 0 fully saturated rings. The monoisotopic (exact) mass is 362 g/mol. The Hall–Kier alpha value is -2.83. The Morgan fingerprint density at radius 1 is 1.08 bits per heavy atom. The number of halogens is 2. The maximum atomic E-state index is 13.3. The third kappa shape index (κ3) is 4.41. The molecule has 5 nitrogen and oxygen atoms in total. The van der Waals surface area contributed by atoms with Gasteiger partial charge in [0.1, 0.15) is 0 Å². The molecule has 0 aromatic heterocycles. The second kappa shape index (κ2) is 8.03. The van der Waals surface area contributed by atoms with Crippen LogP contribution >= 0.6 is 0 Å². The van der Waals surface area contributed by atoms with E-state index in [1.165, 1.54) is 6.07 Å². The first-order chi connectivity index (χ1) is 12.5. The van der Waals surface area contributed by atoms with Crippen LogP contribution < -0.4 is 20.1 Å². The van der Waals surface area contributed by atoms with Crippen molar-refractivity contribution in [3.63, 3.8) is 0 Å². The van der Waals surface area contributed by atoms with E-state index in [-0.39, 0.29) is 0 Å². The summed E-state index contributed by atoms with van der Waals surface area (Å²) >= 11 is 0. The number of urea groups is 1. The minimum absolute atomic E-state index is 0.299. The van der Waals surface area contributed by atoms with Gasteiger partial charge in [0.2, 0.25) is 0 Å². The summed E-state index contributed by atoms with van der Waals surface area (Å²) in [7, 11) is 0. The smallest absolute Gasteiger partial charge is 0.315 e. The van der Waals surface area contributed by atoms with E-state index in [0.717, 1.165) is 24.1 Å². The molecule has 1 aliphatic heterocycles. The van der Waals surface area contributed by atoms with Crippen LogP contribution in [0.3, 0.4) is 0 Å². The molecule has 0 radical (unpaired) electrons. The lowest BCUT2D eigenvalue weighted by Gasteiger charge is -2.16. The largest absolute Gasteiger partial charge is 0.490 e. The topological polar surface area (TPSA) is 59.6 Å². The second-order valence-electron chi connectivity index (χ2n) is 6.05. The van der Waals surface area contributed by atoms with Gasteiger partial charge in [-0.1, -0.05) is 12.1 Å². The van der Waals surface area contributed by atoms with Gasteiger partial charge in [-0.05, 0) is 42.3 Å². The van der Waals surface area contributed by atoms with Crippen LogP contribution in [-0.2, 0) is 6.54 Å². The van der Waals surface area contributed by atoms with Crippen LogP contribution in [0.25, 0.3) is 0 Å². The molecule has 7 heteroatoms. The molecule has 0 aliphatic carbocycles. The number of fused-ring (bicyclic) bond motifs is 1. The maximum Gasteiger partial charge on any atom is 0.315 e. The van der Waals surface area contributed by atoms with Gasteiger partial charge in [-0.3, -0.25) is 0 Å². The molecular formula is C19H20F2N2O3. The van der Waals surface area contributed by atoms with E-state index in [1.807, 2.05) is 18.2 Å². The molecule has 26 heavy (non-hydrogen) atoms. The lowest BCUT2D eigenvalue weighted by molar-refractivity contribution is 0.237. The Kier molecular flexibility index (Phi) is 5.55. The van der Waals surface area contributed by atoms with Crippen molar-refractivity contribution < 1.29 is 23.0 Å². The van der Waals surface area contributed by atoms with E-state index in [1.54, 1.807) is 6.92 Å². The van der Waals surface area contributed by atoms with E-state index in [2.05, 4.69) is 10.6 Å². The minimum atomic E-state index is -0.941. The fourth-order valence-electron chi connectivity index (χ4n) is 2.61. The fraction of sp³-hybridized carbons (Fsp3) is 0.316. The lowest BCUT2D eigenvalue weighted by atomic mass is 10.1. The van der Waals surface area contributed by atoms with Gasteiger partial charge in [0.15, 0.2) is 23.1 Å². The Bertz CT molecular complexity index is 798. The molecule has 3 rings (SSSR count). The SMILES string of the molecule is CC(NC(=O)NCc1ccc2c(c1)OCCCO2)c1ccc(F)c(F)c1. The predicted octanol–water partition coefficient (Wildman–Crippen LogP) is 3.69. The molecule has 2 N–H and O–H groups in total. The van der Waals surface area contributed by atoms with Gasteiger partial charge in [0.05, 0.1) is 19.3 Å². The van der Waals surface area contributed by atoms with Gasteiger partial charge in [-0.15, -0.1) is 0 Å². The highest BCUT2D eigenvalue weighted by Gasteiger charge is 2.13. The Morgan fingerprint density at radius 2 is 1.85 bits per heavy atom. The van der Waals surface area contributed by atoms with Gasteiger partial charge in [0.25, 0.3) is 0 Å². The summed E-state index contributed by atoms with van der Waals surface area (Å²) in [5.74, 6) is -0.497. The zero-order valence-electron chi connectivity index (χ0n) is 14.4. The maximum absolute atomic E-state index is 13.3. The zero-order chi connectivity index (χ0) is 18.5. The van der Waals surface area contributed by atoms with Crippen molar-refractivity contribution in [2.75, 3.05) is 13.2 Å². The van der Waals surface area contributed by atoms with E-state index < -0.39 is 23.7 Å². The van der Waals surface area contributed by atoms with Crippen molar-refractivity contribution in [1.29, 1.82) is 0 Å². The number of benzene rings is 2. The zero-order valence-corrected chi connectivity index (χ0v) is 14.4. The molecule has 1 aliphatic rings. The van der Waals surface area contributed by atoms with E-state index in [9.17, 15) is 13.6 Å². The molecule has 0 saturated heterocycles. The molecule has 0 spiro atoms. The van der Waals surface area contributed by atoms with Crippen molar-refractivity contribution in [3.05, 3.63) is 59.2 Å². The lowest BCUT2D eigenvalue weighted by Crippen LogP contribution is -2.36. The Morgan fingerprint density at radius 3 is 2.62 bits per heavy atom. The van der Waals surface area contributed by atoms with Crippen LogP contribution in [0.2, 0.25) is 0 Å². The molecule has 2 aromatic rings. The number of amides is 2. The number of ether oxygens (including phenoxy) is 2. The molecule has 1 heterocycles. The second-order valence-corrected chi connectivity index (χ2v) is 6.05. The van der Waals surface area contributed by atoms with Crippen LogP contribution in [-0.4, -0.2) is 19.2 Å². The van der Waals surface area contributed by atoms with Crippen LogP contribution in [0.15, 0.2) is 36.4 Å². The third-order valence-corrected chi connectivity index (χ3v) is 4.06. The summed E-state index contributed by atoms with van der Waals surface area (Å²) < 4.78 is 37.5. The quantitative estimate of drug-likeness (QED) is 0.872.